The largest absolute Gasteiger partial charge is 0.455 e. The Labute approximate surface area is 187 Å². The Balaban J connectivity index is 1.76. The van der Waals surface area contributed by atoms with Gasteiger partial charge in [0.15, 0.2) is 5.69 Å². The topological polar surface area (TPSA) is 70.9 Å². The average molecular weight is 444 g/mol. The Hall–Kier alpha value is -2.94. The minimum absolute atomic E-state index is 0.00887. The number of imidazole rings is 1. The lowest BCUT2D eigenvalue weighted by molar-refractivity contribution is 0.00617. The molecule has 2 aromatic rings. The van der Waals surface area contributed by atoms with Crippen LogP contribution in [0.15, 0.2) is 24.5 Å². The molecule has 172 valence electrons. The minimum atomic E-state index is -0.677. The predicted octanol–water partition coefficient (Wildman–Crippen LogP) is 3.43. The van der Waals surface area contributed by atoms with Gasteiger partial charge in [-0.05, 0) is 59.9 Å². The molecule has 2 amide bonds. The fraction of sp³-hybridized carbons (Fsp3) is 0.522. The molecule has 0 N–H and O–H groups in total. The Morgan fingerprint density at radius 1 is 1.12 bits per heavy atom. The van der Waals surface area contributed by atoms with Gasteiger partial charge in [0.2, 0.25) is 0 Å². The quantitative estimate of drug-likeness (QED) is 0.632. The van der Waals surface area contributed by atoms with Crippen LogP contribution in [-0.2, 0) is 11.3 Å². The number of benzene rings is 1. The van der Waals surface area contributed by atoms with Crippen LogP contribution < -0.4 is 4.90 Å². The Morgan fingerprint density at radius 3 is 2.41 bits per heavy atom. The van der Waals surface area contributed by atoms with E-state index in [1.165, 1.54) is 18.5 Å². The number of anilines is 1. The highest BCUT2D eigenvalue weighted by Crippen LogP contribution is 2.36. The van der Waals surface area contributed by atoms with Gasteiger partial charge in [0, 0.05) is 25.2 Å². The van der Waals surface area contributed by atoms with E-state index in [1.54, 1.807) is 36.3 Å². The summed E-state index contributed by atoms with van der Waals surface area (Å²) in [5.41, 5.74) is 1.07. The van der Waals surface area contributed by atoms with E-state index < -0.39 is 17.4 Å². The van der Waals surface area contributed by atoms with E-state index >= 15 is 0 Å². The summed E-state index contributed by atoms with van der Waals surface area (Å²) >= 11 is 0. The van der Waals surface area contributed by atoms with Crippen molar-refractivity contribution < 1.29 is 18.7 Å². The SMILES string of the molecule is C[C@@H]1CN(C)C[C@H](C)N1C(=O)N1Cc2c(C(=O)OC(C)(C)C)ncn2-c2ccc(F)cc21. The van der Waals surface area contributed by atoms with Gasteiger partial charge in [0.05, 0.1) is 23.6 Å². The van der Waals surface area contributed by atoms with Crippen molar-refractivity contribution in [2.24, 2.45) is 0 Å². The number of ether oxygens (including phenoxy) is 1. The molecule has 3 heterocycles. The average Bonchev–Trinajstić information content (AvgIpc) is 3.09. The van der Waals surface area contributed by atoms with Gasteiger partial charge in [-0.1, -0.05) is 0 Å². The molecule has 4 rings (SSSR count). The van der Waals surface area contributed by atoms with Crippen LogP contribution in [0.5, 0.6) is 0 Å². The zero-order chi connectivity index (χ0) is 23.4. The van der Waals surface area contributed by atoms with Crippen molar-refractivity contribution in [3.05, 3.63) is 41.7 Å². The standard InChI is InChI=1S/C23H30FN5O3/c1-14-10-26(6)11-15(2)29(14)22(31)27-12-19-20(21(30)32-23(3,4)5)25-13-28(19)17-8-7-16(24)9-18(17)27/h7-9,13-15H,10-12H2,1-6H3/t14-,15+. The summed E-state index contributed by atoms with van der Waals surface area (Å²) in [4.78, 5) is 36.4. The highest BCUT2D eigenvalue weighted by molar-refractivity contribution is 5.97. The van der Waals surface area contributed by atoms with Crippen molar-refractivity contribution in [2.75, 3.05) is 25.0 Å². The number of aromatic nitrogens is 2. The molecule has 9 heteroatoms. The molecule has 0 bridgehead atoms. The molecule has 2 aliphatic heterocycles. The lowest BCUT2D eigenvalue weighted by atomic mass is 10.1. The van der Waals surface area contributed by atoms with Crippen molar-refractivity contribution in [1.29, 1.82) is 0 Å². The number of carbonyl (C=O) groups excluding carboxylic acids is 2. The van der Waals surface area contributed by atoms with Gasteiger partial charge in [-0.3, -0.25) is 9.47 Å². The molecular formula is C23H30FN5O3. The highest BCUT2D eigenvalue weighted by atomic mass is 19.1. The van der Waals surface area contributed by atoms with Gasteiger partial charge in [0.25, 0.3) is 0 Å². The van der Waals surface area contributed by atoms with Crippen LogP contribution in [0.3, 0.4) is 0 Å². The van der Waals surface area contributed by atoms with E-state index in [9.17, 15) is 14.0 Å². The number of rotatable bonds is 1. The Morgan fingerprint density at radius 2 is 1.78 bits per heavy atom. The van der Waals surface area contributed by atoms with Gasteiger partial charge in [-0.25, -0.2) is 19.0 Å². The van der Waals surface area contributed by atoms with Gasteiger partial charge >= 0.3 is 12.0 Å². The van der Waals surface area contributed by atoms with E-state index in [1.807, 2.05) is 25.8 Å². The van der Waals surface area contributed by atoms with Crippen molar-refractivity contribution in [3.8, 4) is 5.69 Å². The number of urea groups is 1. The lowest BCUT2D eigenvalue weighted by Crippen LogP contribution is -2.61. The van der Waals surface area contributed by atoms with Gasteiger partial charge < -0.3 is 14.5 Å². The molecule has 1 fully saturated rings. The molecule has 0 spiro atoms. The number of amides is 2. The van der Waals surface area contributed by atoms with Crippen LogP contribution in [0.4, 0.5) is 14.9 Å². The summed E-state index contributed by atoms with van der Waals surface area (Å²) in [5.74, 6) is -0.984. The minimum Gasteiger partial charge on any atom is -0.455 e. The number of halogens is 1. The second-order valence-corrected chi connectivity index (χ2v) is 9.74. The van der Waals surface area contributed by atoms with Crippen molar-refractivity contribution >= 4 is 17.7 Å². The monoisotopic (exact) mass is 443 g/mol. The summed E-state index contributed by atoms with van der Waals surface area (Å²) in [6.07, 6.45) is 1.52. The van der Waals surface area contributed by atoms with E-state index in [4.69, 9.17) is 4.74 Å². The first kappa shape index (κ1) is 22.3. The van der Waals surface area contributed by atoms with Crippen molar-refractivity contribution in [3.63, 3.8) is 0 Å². The molecule has 0 aliphatic carbocycles. The molecule has 0 unspecified atom stereocenters. The third-order valence-corrected chi connectivity index (χ3v) is 5.81. The van der Waals surface area contributed by atoms with Crippen LogP contribution >= 0.6 is 0 Å². The van der Waals surface area contributed by atoms with E-state index in [0.717, 1.165) is 13.1 Å². The number of carbonyl (C=O) groups is 2. The molecule has 2 atom stereocenters. The number of nitrogens with zero attached hydrogens (tertiary/aromatic N) is 5. The normalized spacial score (nSPS) is 21.2. The summed E-state index contributed by atoms with van der Waals surface area (Å²) in [6, 6.07) is 4.06. The second-order valence-electron chi connectivity index (χ2n) is 9.74. The van der Waals surface area contributed by atoms with Crippen LogP contribution in [0.2, 0.25) is 0 Å². The van der Waals surface area contributed by atoms with Crippen LogP contribution in [0.25, 0.3) is 5.69 Å². The third-order valence-electron chi connectivity index (χ3n) is 5.81. The van der Waals surface area contributed by atoms with Crippen molar-refractivity contribution in [2.45, 2.75) is 58.8 Å². The fourth-order valence-corrected chi connectivity index (χ4v) is 4.65. The first-order chi connectivity index (χ1) is 15.0. The number of likely N-dealkylation sites (N-methyl/N-ethyl adjacent to an activating group) is 1. The zero-order valence-electron chi connectivity index (χ0n) is 19.4. The molecule has 0 radical (unpaired) electrons. The third kappa shape index (κ3) is 3.97. The first-order valence-electron chi connectivity index (χ1n) is 10.8. The fourth-order valence-electron chi connectivity index (χ4n) is 4.65. The number of esters is 1. The zero-order valence-corrected chi connectivity index (χ0v) is 19.4. The number of fused-ring (bicyclic) bond motifs is 3. The van der Waals surface area contributed by atoms with Crippen LogP contribution in [0, 0.1) is 5.82 Å². The lowest BCUT2D eigenvalue weighted by Gasteiger charge is -2.45. The van der Waals surface area contributed by atoms with Gasteiger partial charge in [-0.15, -0.1) is 0 Å². The highest BCUT2D eigenvalue weighted by Gasteiger charge is 2.39. The maximum Gasteiger partial charge on any atom is 0.359 e. The van der Waals surface area contributed by atoms with Gasteiger partial charge in [0.1, 0.15) is 17.7 Å². The molecule has 1 aromatic carbocycles. The molecule has 1 saturated heterocycles. The van der Waals surface area contributed by atoms with Crippen LogP contribution in [-0.4, -0.2) is 69.2 Å². The number of piperazine rings is 1. The number of hydrogen-bond acceptors (Lipinski definition) is 5. The summed E-state index contributed by atoms with van der Waals surface area (Å²) in [7, 11) is 2.03. The molecule has 0 saturated carbocycles. The second kappa shape index (κ2) is 7.88. The molecule has 32 heavy (non-hydrogen) atoms. The summed E-state index contributed by atoms with van der Waals surface area (Å²) < 4.78 is 21.5. The van der Waals surface area contributed by atoms with Crippen LogP contribution in [0.1, 0.15) is 50.8 Å². The Bertz CT molecular complexity index is 1050. The molecule has 8 nitrogen and oxygen atoms in total. The summed E-state index contributed by atoms with van der Waals surface area (Å²) in [5, 5.41) is 0. The number of hydrogen-bond donors (Lipinski definition) is 0. The van der Waals surface area contributed by atoms with Gasteiger partial charge in [-0.2, -0.15) is 0 Å². The Kier molecular flexibility index (Phi) is 5.48. The van der Waals surface area contributed by atoms with E-state index in [2.05, 4.69) is 9.88 Å². The maximum atomic E-state index is 14.2. The smallest absolute Gasteiger partial charge is 0.359 e. The molecule has 1 aromatic heterocycles. The van der Waals surface area contributed by atoms with E-state index in [-0.39, 0.29) is 30.4 Å². The summed E-state index contributed by atoms with van der Waals surface area (Å²) in [6.45, 7) is 11.0. The van der Waals surface area contributed by atoms with Crippen molar-refractivity contribution in [1.82, 2.24) is 19.4 Å². The maximum absolute atomic E-state index is 14.2. The van der Waals surface area contributed by atoms with E-state index in [0.29, 0.717) is 17.1 Å². The first-order valence-corrected chi connectivity index (χ1v) is 10.8. The molecule has 2 aliphatic rings. The predicted molar refractivity (Wildman–Crippen MR) is 119 cm³/mol. The molecular weight excluding hydrogens is 413 g/mol.